The summed E-state index contributed by atoms with van der Waals surface area (Å²) in [6.07, 6.45) is 5.61. The smallest absolute Gasteiger partial charge is 0.251 e. The van der Waals surface area contributed by atoms with Crippen molar-refractivity contribution < 1.29 is 14.3 Å². The van der Waals surface area contributed by atoms with Crippen LogP contribution in [-0.2, 0) is 23.1 Å². The van der Waals surface area contributed by atoms with Crippen LogP contribution in [0.15, 0.2) is 36.7 Å². The van der Waals surface area contributed by atoms with Crippen molar-refractivity contribution in [3.8, 4) is 0 Å². The van der Waals surface area contributed by atoms with Crippen molar-refractivity contribution in [2.45, 2.75) is 31.5 Å². The SMILES string of the molecule is CNC(C(=O)NCc1cccc(C(=O)NCC2CCCO2)c1)c1cnn(C)c1.Cl. The van der Waals surface area contributed by atoms with Gasteiger partial charge in [-0.15, -0.1) is 12.4 Å². The van der Waals surface area contributed by atoms with Crippen molar-refractivity contribution in [3.05, 3.63) is 53.3 Å². The number of aromatic nitrogens is 2. The van der Waals surface area contributed by atoms with Crippen LogP contribution in [0.4, 0.5) is 0 Å². The molecule has 0 radical (unpaired) electrons. The van der Waals surface area contributed by atoms with E-state index in [9.17, 15) is 9.59 Å². The van der Waals surface area contributed by atoms with Gasteiger partial charge in [0, 0.05) is 44.1 Å². The minimum Gasteiger partial charge on any atom is -0.376 e. The predicted molar refractivity (Wildman–Crippen MR) is 112 cm³/mol. The molecule has 2 amide bonds. The number of benzene rings is 1. The molecule has 9 heteroatoms. The molecule has 1 aliphatic rings. The molecule has 0 spiro atoms. The highest BCUT2D eigenvalue weighted by Gasteiger charge is 2.20. The van der Waals surface area contributed by atoms with E-state index in [0.29, 0.717) is 18.7 Å². The lowest BCUT2D eigenvalue weighted by Gasteiger charge is -2.15. The Morgan fingerprint density at radius 3 is 2.83 bits per heavy atom. The zero-order valence-corrected chi connectivity index (χ0v) is 17.5. The normalized spacial score (nSPS) is 16.7. The highest BCUT2D eigenvalue weighted by atomic mass is 35.5. The molecule has 2 atom stereocenters. The Bertz CT molecular complexity index is 820. The third-order valence-electron chi connectivity index (χ3n) is 4.78. The first-order valence-corrected chi connectivity index (χ1v) is 9.49. The Hall–Kier alpha value is -2.42. The number of nitrogens with one attached hydrogen (secondary N) is 3. The summed E-state index contributed by atoms with van der Waals surface area (Å²) in [5.41, 5.74) is 2.23. The molecule has 1 saturated heterocycles. The highest BCUT2D eigenvalue weighted by Crippen LogP contribution is 2.13. The molecule has 0 bridgehead atoms. The minimum atomic E-state index is -0.480. The van der Waals surface area contributed by atoms with Crippen LogP contribution in [-0.4, -0.2) is 47.9 Å². The summed E-state index contributed by atoms with van der Waals surface area (Å²) in [7, 11) is 3.54. The van der Waals surface area contributed by atoms with Gasteiger partial charge in [0.1, 0.15) is 6.04 Å². The van der Waals surface area contributed by atoms with E-state index in [1.54, 1.807) is 36.3 Å². The first kappa shape index (κ1) is 22.9. The number of carbonyl (C=O) groups excluding carboxylic acids is 2. The van der Waals surface area contributed by atoms with Crippen LogP contribution in [0.25, 0.3) is 0 Å². The number of hydrogen-bond donors (Lipinski definition) is 3. The molecular weight excluding hydrogens is 394 g/mol. The number of amides is 2. The Morgan fingerprint density at radius 1 is 1.34 bits per heavy atom. The average molecular weight is 422 g/mol. The Labute approximate surface area is 176 Å². The number of nitrogens with zero attached hydrogens (tertiary/aromatic N) is 2. The van der Waals surface area contributed by atoms with Crippen molar-refractivity contribution >= 4 is 24.2 Å². The van der Waals surface area contributed by atoms with Gasteiger partial charge in [-0.1, -0.05) is 12.1 Å². The molecule has 2 aromatic rings. The first-order chi connectivity index (χ1) is 13.6. The molecule has 2 heterocycles. The summed E-state index contributed by atoms with van der Waals surface area (Å²) in [6, 6.07) is 6.78. The largest absolute Gasteiger partial charge is 0.376 e. The fraction of sp³-hybridized carbons (Fsp3) is 0.450. The zero-order valence-electron chi connectivity index (χ0n) is 16.7. The highest BCUT2D eigenvalue weighted by molar-refractivity contribution is 5.94. The molecular formula is C20H28ClN5O3. The minimum absolute atomic E-state index is 0. The van der Waals surface area contributed by atoms with Crippen LogP contribution in [0.5, 0.6) is 0 Å². The van der Waals surface area contributed by atoms with Crippen molar-refractivity contribution in [2.75, 3.05) is 20.2 Å². The second-order valence-electron chi connectivity index (χ2n) is 6.93. The van der Waals surface area contributed by atoms with Crippen LogP contribution in [0.2, 0.25) is 0 Å². The molecule has 8 nitrogen and oxygen atoms in total. The number of rotatable bonds is 8. The zero-order chi connectivity index (χ0) is 19.9. The van der Waals surface area contributed by atoms with E-state index < -0.39 is 6.04 Å². The van der Waals surface area contributed by atoms with Gasteiger partial charge in [0.25, 0.3) is 5.91 Å². The lowest BCUT2D eigenvalue weighted by molar-refractivity contribution is -0.123. The molecule has 1 aromatic heterocycles. The van der Waals surface area contributed by atoms with E-state index in [2.05, 4.69) is 21.0 Å². The van der Waals surface area contributed by atoms with Crippen LogP contribution in [0, 0.1) is 0 Å². The number of ether oxygens (including phenoxy) is 1. The maximum atomic E-state index is 12.5. The first-order valence-electron chi connectivity index (χ1n) is 9.49. The van der Waals surface area contributed by atoms with Crippen LogP contribution >= 0.6 is 12.4 Å². The molecule has 3 rings (SSSR count). The number of likely N-dealkylation sites (N-methyl/N-ethyl adjacent to an activating group) is 1. The van der Waals surface area contributed by atoms with Gasteiger partial charge < -0.3 is 20.7 Å². The third-order valence-corrected chi connectivity index (χ3v) is 4.78. The molecule has 1 aliphatic heterocycles. The molecule has 0 aliphatic carbocycles. The van der Waals surface area contributed by atoms with Crippen LogP contribution < -0.4 is 16.0 Å². The predicted octanol–water partition coefficient (Wildman–Crippen LogP) is 1.33. The molecule has 1 aromatic carbocycles. The van der Waals surface area contributed by atoms with Gasteiger partial charge in [-0.3, -0.25) is 14.3 Å². The average Bonchev–Trinajstić information content (AvgIpc) is 3.37. The van der Waals surface area contributed by atoms with E-state index >= 15 is 0 Å². The van der Waals surface area contributed by atoms with E-state index in [0.717, 1.165) is 30.6 Å². The lowest BCUT2D eigenvalue weighted by Crippen LogP contribution is -2.35. The molecule has 158 valence electrons. The summed E-state index contributed by atoms with van der Waals surface area (Å²) in [5.74, 6) is -0.282. The van der Waals surface area contributed by atoms with Crippen LogP contribution in [0.1, 0.15) is 40.4 Å². The van der Waals surface area contributed by atoms with Crippen molar-refractivity contribution in [3.63, 3.8) is 0 Å². The quantitative estimate of drug-likeness (QED) is 0.597. The molecule has 29 heavy (non-hydrogen) atoms. The Balaban J connectivity index is 0.00000300. The van der Waals surface area contributed by atoms with Gasteiger partial charge in [-0.05, 0) is 37.6 Å². The topological polar surface area (TPSA) is 97.3 Å². The second-order valence-corrected chi connectivity index (χ2v) is 6.93. The van der Waals surface area contributed by atoms with Gasteiger partial charge in [-0.2, -0.15) is 5.10 Å². The number of aryl methyl sites for hydroxylation is 1. The fourth-order valence-corrected chi connectivity index (χ4v) is 3.27. The maximum absolute atomic E-state index is 12.5. The van der Waals surface area contributed by atoms with Gasteiger partial charge >= 0.3 is 0 Å². The van der Waals surface area contributed by atoms with Crippen molar-refractivity contribution in [1.29, 1.82) is 0 Å². The van der Waals surface area contributed by atoms with Gasteiger partial charge in [0.15, 0.2) is 0 Å². The van der Waals surface area contributed by atoms with Crippen molar-refractivity contribution in [1.82, 2.24) is 25.7 Å². The molecule has 2 unspecified atom stereocenters. The summed E-state index contributed by atoms with van der Waals surface area (Å²) < 4.78 is 7.18. The number of hydrogen-bond acceptors (Lipinski definition) is 5. The monoisotopic (exact) mass is 421 g/mol. The van der Waals surface area contributed by atoms with Gasteiger partial charge in [-0.25, -0.2) is 0 Å². The summed E-state index contributed by atoms with van der Waals surface area (Å²) in [6.45, 7) is 1.63. The summed E-state index contributed by atoms with van der Waals surface area (Å²) >= 11 is 0. The molecule has 0 saturated carbocycles. The fourth-order valence-electron chi connectivity index (χ4n) is 3.27. The van der Waals surface area contributed by atoms with E-state index in [4.69, 9.17) is 4.74 Å². The molecule has 3 N–H and O–H groups in total. The third kappa shape index (κ3) is 6.28. The van der Waals surface area contributed by atoms with Crippen molar-refractivity contribution in [2.24, 2.45) is 7.05 Å². The standard InChI is InChI=1S/C20H27N5O3.ClH/c1-21-18(16-11-24-25(2)13-16)20(27)22-10-14-5-3-6-15(9-14)19(26)23-12-17-7-4-8-28-17;/h3,5-6,9,11,13,17-18,21H,4,7-8,10,12H2,1-2H3,(H,22,27)(H,23,26);1H. The number of halogens is 1. The summed E-state index contributed by atoms with van der Waals surface area (Å²) in [5, 5.41) is 12.9. The lowest BCUT2D eigenvalue weighted by atomic mass is 10.1. The van der Waals surface area contributed by atoms with E-state index in [-0.39, 0.29) is 30.3 Å². The van der Waals surface area contributed by atoms with Gasteiger partial charge in [0.05, 0.1) is 12.3 Å². The van der Waals surface area contributed by atoms with Gasteiger partial charge in [0.2, 0.25) is 5.91 Å². The summed E-state index contributed by atoms with van der Waals surface area (Å²) in [4.78, 5) is 24.9. The maximum Gasteiger partial charge on any atom is 0.251 e. The molecule has 1 fully saturated rings. The van der Waals surface area contributed by atoms with E-state index in [1.165, 1.54) is 0 Å². The Kier molecular flexibility index (Phi) is 8.63. The van der Waals surface area contributed by atoms with E-state index in [1.807, 2.05) is 19.2 Å². The second kappa shape index (κ2) is 10.9. The number of carbonyl (C=O) groups is 2. The van der Waals surface area contributed by atoms with Crippen LogP contribution in [0.3, 0.4) is 0 Å². The Morgan fingerprint density at radius 2 is 2.17 bits per heavy atom.